The molecule has 0 spiro atoms. The molecule has 2 atom stereocenters. The summed E-state index contributed by atoms with van der Waals surface area (Å²) in [4.78, 5) is 0. The first kappa shape index (κ1) is 14.5. The first-order chi connectivity index (χ1) is 9.06. The second kappa shape index (κ2) is 6.51. The third-order valence-electron chi connectivity index (χ3n) is 3.10. The van der Waals surface area contributed by atoms with Crippen molar-refractivity contribution in [2.24, 2.45) is 0 Å². The number of halogens is 2. The van der Waals surface area contributed by atoms with Crippen LogP contribution in [0.4, 0.5) is 4.39 Å². The van der Waals surface area contributed by atoms with Crippen LogP contribution in [0.2, 0.25) is 5.02 Å². The number of thiophene rings is 1. The van der Waals surface area contributed by atoms with Gasteiger partial charge in [0.25, 0.3) is 0 Å². The molecule has 0 radical (unpaired) electrons. The van der Waals surface area contributed by atoms with Gasteiger partial charge in [0.1, 0.15) is 5.82 Å². The lowest BCUT2D eigenvalue weighted by atomic mass is 10.1. The van der Waals surface area contributed by atoms with E-state index in [0.29, 0.717) is 6.04 Å². The van der Waals surface area contributed by atoms with Crippen LogP contribution in [-0.2, 0) is 6.42 Å². The number of hydrogen-bond donors (Lipinski definition) is 1. The van der Waals surface area contributed by atoms with Crippen LogP contribution < -0.4 is 5.32 Å². The molecule has 0 amide bonds. The molecule has 1 N–H and O–H groups in total. The molecule has 102 valence electrons. The Morgan fingerprint density at radius 2 is 2.11 bits per heavy atom. The van der Waals surface area contributed by atoms with Gasteiger partial charge in [0.15, 0.2) is 0 Å². The van der Waals surface area contributed by atoms with E-state index in [2.05, 4.69) is 36.0 Å². The maximum atomic E-state index is 13.1. The number of nitrogens with one attached hydrogen (secondary N) is 1. The minimum absolute atomic E-state index is 0.145. The van der Waals surface area contributed by atoms with Gasteiger partial charge in [-0.3, -0.25) is 0 Å². The summed E-state index contributed by atoms with van der Waals surface area (Å²) in [6.07, 6.45) is 0.989. The van der Waals surface area contributed by atoms with Gasteiger partial charge in [-0.05, 0) is 60.4 Å². The van der Waals surface area contributed by atoms with Crippen molar-refractivity contribution in [3.63, 3.8) is 0 Å². The van der Waals surface area contributed by atoms with Gasteiger partial charge in [0, 0.05) is 12.1 Å². The molecule has 1 aromatic carbocycles. The van der Waals surface area contributed by atoms with Crippen LogP contribution >= 0.6 is 22.9 Å². The van der Waals surface area contributed by atoms with Gasteiger partial charge >= 0.3 is 0 Å². The van der Waals surface area contributed by atoms with Crippen LogP contribution in [0.3, 0.4) is 0 Å². The molecule has 0 fully saturated rings. The van der Waals surface area contributed by atoms with Gasteiger partial charge in [-0.15, -0.1) is 0 Å². The number of rotatable bonds is 5. The summed E-state index contributed by atoms with van der Waals surface area (Å²) in [6.45, 7) is 4.22. The van der Waals surface area contributed by atoms with E-state index in [4.69, 9.17) is 11.6 Å². The van der Waals surface area contributed by atoms with E-state index in [1.165, 1.54) is 11.6 Å². The molecule has 2 unspecified atom stereocenters. The van der Waals surface area contributed by atoms with Crippen LogP contribution in [0.15, 0.2) is 35.0 Å². The van der Waals surface area contributed by atoms with E-state index >= 15 is 0 Å². The second-order valence-corrected chi connectivity index (χ2v) is 5.99. The maximum Gasteiger partial charge on any atom is 0.141 e. The van der Waals surface area contributed by atoms with Crippen molar-refractivity contribution in [1.29, 1.82) is 0 Å². The Labute approximate surface area is 122 Å². The molecule has 1 heterocycles. The summed E-state index contributed by atoms with van der Waals surface area (Å²) in [5.41, 5.74) is 2.35. The van der Waals surface area contributed by atoms with Gasteiger partial charge < -0.3 is 5.32 Å². The number of benzene rings is 1. The zero-order valence-electron chi connectivity index (χ0n) is 11.0. The topological polar surface area (TPSA) is 12.0 Å². The minimum Gasteiger partial charge on any atom is -0.307 e. The molecule has 2 aromatic rings. The molecule has 0 aliphatic rings. The molecular formula is C15H17ClFNS. The highest BCUT2D eigenvalue weighted by molar-refractivity contribution is 7.07. The summed E-state index contributed by atoms with van der Waals surface area (Å²) >= 11 is 7.52. The molecule has 0 saturated carbocycles. The maximum absolute atomic E-state index is 13.1. The fourth-order valence-electron chi connectivity index (χ4n) is 2.13. The molecular weight excluding hydrogens is 281 g/mol. The summed E-state index contributed by atoms with van der Waals surface area (Å²) in [7, 11) is 0. The van der Waals surface area contributed by atoms with Gasteiger partial charge in [0.05, 0.1) is 5.02 Å². The van der Waals surface area contributed by atoms with Gasteiger partial charge in [-0.2, -0.15) is 11.3 Å². The fourth-order valence-corrected chi connectivity index (χ4v) is 3.00. The lowest BCUT2D eigenvalue weighted by Gasteiger charge is -2.20. The van der Waals surface area contributed by atoms with E-state index in [1.54, 1.807) is 23.5 Å². The molecule has 19 heavy (non-hydrogen) atoms. The Morgan fingerprint density at radius 1 is 1.32 bits per heavy atom. The van der Waals surface area contributed by atoms with Crippen LogP contribution in [0, 0.1) is 5.82 Å². The quantitative estimate of drug-likeness (QED) is 0.834. The van der Waals surface area contributed by atoms with E-state index in [9.17, 15) is 4.39 Å². The minimum atomic E-state index is -0.371. The van der Waals surface area contributed by atoms with Gasteiger partial charge in [-0.1, -0.05) is 17.7 Å². The third-order valence-corrected chi connectivity index (χ3v) is 4.12. The molecule has 0 bridgehead atoms. The molecule has 1 aromatic heterocycles. The molecule has 1 nitrogen and oxygen atoms in total. The fraction of sp³-hybridized carbons (Fsp3) is 0.333. The van der Waals surface area contributed by atoms with E-state index in [0.717, 1.165) is 12.0 Å². The monoisotopic (exact) mass is 297 g/mol. The third kappa shape index (κ3) is 4.03. The summed E-state index contributed by atoms with van der Waals surface area (Å²) < 4.78 is 13.1. The average Bonchev–Trinajstić information content (AvgIpc) is 2.85. The Morgan fingerprint density at radius 3 is 2.74 bits per heavy atom. The van der Waals surface area contributed by atoms with Crippen LogP contribution in [0.1, 0.15) is 31.0 Å². The van der Waals surface area contributed by atoms with E-state index in [-0.39, 0.29) is 16.9 Å². The standard InChI is InChI=1S/C15H17ClFNS/c1-10(7-12-5-6-19-9-12)18-11(2)13-3-4-15(17)14(16)8-13/h3-6,8-11,18H,7H2,1-2H3. The van der Waals surface area contributed by atoms with Crippen molar-refractivity contribution in [2.75, 3.05) is 0 Å². The highest BCUT2D eigenvalue weighted by Crippen LogP contribution is 2.21. The Kier molecular flexibility index (Phi) is 4.97. The van der Waals surface area contributed by atoms with Crippen molar-refractivity contribution in [2.45, 2.75) is 32.4 Å². The molecule has 0 aliphatic carbocycles. The molecule has 4 heteroatoms. The van der Waals surface area contributed by atoms with Crippen LogP contribution in [0.25, 0.3) is 0 Å². The molecule has 2 rings (SSSR count). The molecule has 0 aliphatic heterocycles. The zero-order valence-corrected chi connectivity index (χ0v) is 12.6. The average molecular weight is 298 g/mol. The SMILES string of the molecule is CC(Cc1ccsc1)NC(C)c1ccc(F)c(Cl)c1. The summed E-state index contributed by atoms with van der Waals surface area (Å²) in [5, 5.41) is 7.93. The normalized spacial score (nSPS) is 14.3. The van der Waals surface area contributed by atoms with Crippen molar-refractivity contribution in [1.82, 2.24) is 5.32 Å². The Bertz CT molecular complexity index is 527. The van der Waals surface area contributed by atoms with Gasteiger partial charge in [0.2, 0.25) is 0 Å². The highest BCUT2D eigenvalue weighted by atomic mass is 35.5. The van der Waals surface area contributed by atoms with E-state index in [1.807, 2.05) is 0 Å². The smallest absolute Gasteiger partial charge is 0.141 e. The number of hydrogen-bond acceptors (Lipinski definition) is 2. The van der Waals surface area contributed by atoms with Crippen molar-refractivity contribution in [3.05, 3.63) is 57.0 Å². The zero-order chi connectivity index (χ0) is 13.8. The predicted molar refractivity (Wildman–Crippen MR) is 80.4 cm³/mol. The first-order valence-corrected chi connectivity index (χ1v) is 7.60. The second-order valence-electron chi connectivity index (χ2n) is 4.80. The summed E-state index contributed by atoms with van der Waals surface area (Å²) in [6, 6.07) is 7.52. The summed E-state index contributed by atoms with van der Waals surface area (Å²) in [5.74, 6) is -0.371. The predicted octanol–water partition coefficient (Wildman–Crippen LogP) is 4.82. The van der Waals surface area contributed by atoms with Gasteiger partial charge in [-0.25, -0.2) is 4.39 Å². The van der Waals surface area contributed by atoms with Crippen molar-refractivity contribution >= 4 is 22.9 Å². The Hall–Kier alpha value is -0.900. The highest BCUT2D eigenvalue weighted by Gasteiger charge is 2.11. The lowest BCUT2D eigenvalue weighted by molar-refractivity contribution is 0.477. The molecule has 0 saturated heterocycles. The Balaban J connectivity index is 1.96. The van der Waals surface area contributed by atoms with E-state index < -0.39 is 0 Å². The van der Waals surface area contributed by atoms with Crippen molar-refractivity contribution < 1.29 is 4.39 Å². The first-order valence-electron chi connectivity index (χ1n) is 6.28. The van der Waals surface area contributed by atoms with Crippen molar-refractivity contribution in [3.8, 4) is 0 Å². The lowest BCUT2D eigenvalue weighted by Crippen LogP contribution is -2.30. The van der Waals surface area contributed by atoms with Crippen LogP contribution in [-0.4, -0.2) is 6.04 Å². The van der Waals surface area contributed by atoms with Crippen LogP contribution in [0.5, 0.6) is 0 Å². The largest absolute Gasteiger partial charge is 0.307 e.